The summed E-state index contributed by atoms with van der Waals surface area (Å²) >= 11 is 3.26. The molecule has 0 amide bonds. The van der Waals surface area contributed by atoms with Crippen molar-refractivity contribution in [2.24, 2.45) is 4.99 Å². The van der Waals surface area contributed by atoms with Crippen molar-refractivity contribution in [1.29, 1.82) is 0 Å². The lowest BCUT2D eigenvalue weighted by molar-refractivity contribution is 0.559. The van der Waals surface area contributed by atoms with E-state index in [9.17, 15) is 4.79 Å². The van der Waals surface area contributed by atoms with Crippen LogP contribution in [0.1, 0.15) is 18.7 Å². The number of hydrogen-bond acceptors (Lipinski definition) is 3. The van der Waals surface area contributed by atoms with Gasteiger partial charge in [-0.25, -0.2) is 4.79 Å². The minimum Gasteiger partial charge on any atom is -0.258 e. The number of isocyanates is 1. The van der Waals surface area contributed by atoms with Crippen LogP contribution in [0.2, 0.25) is 0 Å². The molecule has 12 heavy (non-hydrogen) atoms. The summed E-state index contributed by atoms with van der Waals surface area (Å²) in [6.45, 7) is 1.79. The zero-order chi connectivity index (χ0) is 8.97. The van der Waals surface area contributed by atoms with E-state index >= 15 is 0 Å². The molecule has 0 aromatic carbocycles. The second kappa shape index (κ2) is 4.14. The number of halogens is 1. The Hall–Kier alpha value is -0.990. The van der Waals surface area contributed by atoms with Crippen molar-refractivity contribution in [3.63, 3.8) is 0 Å². The Balaban J connectivity index is 2.89. The van der Waals surface area contributed by atoms with E-state index in [2.05, 4.69) is 25.9 Å². The summed E-state index contributed by atoms with van der Waals surface area (Å²) < 4.78 is 0.911. The quantitative estimate of drug-likeness (QED) is 0.574. The van der Waals surface area contributed by atoms with Crippen molar-refractivity contribution in [3.05, 3.63) is 28.5 Å². The van der Waals surface area contributed by atoms with Gasteiger partial charge in [0, 0.05) is 10.7 Å². The standard InChI is InChI=1S/C8H7BrN2O/c1-6(11-5-12)8-3-2-7(9)4-10-8/h2-4,6H,1H3. The molecule has 1 rings (SSSR count). The number of nitrogens with zero attached hydrogens (tertiary/aromatic N) is 2. The van der Waals surface area contributed by atoms with Crippen LogP contribution in [0.3, 0.4) is 0 Å². The van der Waals surface area contributed by atoms with Crippen LogP contribution in [-0.2, 0) is 4.79 Å². The van der Waals surface area contributed by atoms with E-state index in [1.54, 1.807) is 13.1 Å². The van der Waals surface area contributed by atoms with Crippen molar-refractivity contribution in [2.45, 2.75) is 13.0 Å². The highest BCUT2D eigenvalue weighted by molar-refractivity contribution is 9.10. The molecule has 0 spiro atoms. The van der Waals surface area contributed by atoms with Crippen LogP contribution >= 0.6 is 15.9 Å². The zero-order valence-electron chi connectivity index (χ0n) is 6.49. The van der Waals surface area contributed by atoms with E-state index in [4.69, 9.17) is 0 Å². The van der Waals surface area contributed by atoms with Gasteiger partial charge in [-0.2, -0.15) is 4.99 Å². The van der Waals surface area contributed by atoms with Crippen molar-refractivity contribution >= 4 is 22.0 Å². The smallest absolute Gasteiger partial charge is 0.235 e. The fourth-order valence-electron chi connectivity index (χ4n) is 0.780. The fraction of sp³-hybridized carbons (Fsp3) is 0.250. The molecule has 0 aliphatic heterocycles. The molecule has 0 saturated heterocycles. The number of rotatable bonds is 2. The van der Waals surface area contributed by atoms with Crippen molar-refractivity contribution in [1.82, 2.24) is 4.98 Å². The van der Waals surface area contributed by atoms with Gasteiger partial charge in [0.05, 0.1) is 5.69 Å². The lowest BCUT2D eigenvalue weighted by atomic mass is 10.2. The average Bonchev–Trinajstić information content (AvgIpc) is 2.06. The Morgan fingerprint density at radius 3 is 2.92 bits per heavy atom. The van der Waals surface area contributed by atoms with Crippen LogP contribution in [-0.4, -0.2) is 11.1 Å². The molecule has 1 aromatic heterocycles. The number of pyridine rings is 1. The minimum absolute atomic E-state index is 0.212. The van der Waals surface area contributed by atoms with Crippen LogP contribution < -0.4 is 0 Å². The Morgan fingerprint density at radius 1 is 1.67 bits per heavy atom. The molecule has 0 saturated carbocycles. The molecule has 0 N–H and O–H groups in total. The van der Waals surface area contributed by atoms with Gasteiger partial charge in [-0.05, 0) is 35.0 Å². The Kier molecular flexibility index (Phi) is 3.14. The maximum Gasteiger partial charge on any atom is 0.235 e. The first-order valence-electron chi connectivity index (χ1n) is 3.42. The lowest BCUT2D eigenvalue weighted by Gasteiger charge is -2.01. The molecule has 0 fully saturated rings. The summed E-state index contributed by atoms with van der Waals surface area (Å²) in [4.78, 5) is 17.5. The number of aromatic nitrogens is 1. The van der Waals surface area contributed by atoms with Crippen LogP contribution in [0.5, 0.6) is 0 Å². The summed E-state index contributed by atoms with van der Waals surface area (Å²) in [6.07, 6.45) is 3.18. The third-order valence-corrected chi connectivity index (χ3v) is 1.89. The molecular weight excluding hydrogens is 220 g/mol. The molecule has 1 unspecified atom stereocenters. The van der Waals surface area contributed by atoms with E-state index in [1.807, 2.05) is 12.1 Å². The highest BCUT2D eigenvalue weighted by Crippen LogP contribution is 2.15. The van der Waals surface area contributed by atoms with Crippen LogP contribution in [0.15, 0.2) is 27.8 Å². The summed E-state index contributed by atoms with van der Waals surface area (Å²) in [5, 5.41) is 0. The Labute approximate surface area is 78.7 Å². The van der Waals surface area contributed by atoms with E-state index < -0.39 is 0 Å². The van der Waals surface area contributed by atoms with Crippen molar-refractivity contribution in [2.75, 3.05) is 0 Å². The molecule has 0 radical (unpaired) electrons. The third kappa shape index (κ3) is 2.26. The molecule has 3 nitrogen and oxygen atoms in total. The van der Waals surface area contributed by atoms with Crippen LogP contribution in [0, 0.1) is 0 Å². The molecule has 4 heteroatoms. The molecule has 0 aliphatic rings. The van der Waals surface area contributed by atoms with Crippen LogP contribution in [0.25, 0.3) is 0 Å². The van der Waals surface area contributed by atoms with E-state index in [0.717, 1.165) is 10.2 Å². The first-order chi connectivity index (χ1) is 5.74. The maximum absolute atomic E-state index is 9.93. The van der Waals surface area contributed by atoms with Gasteiger partial charge in [-0.1, -0.05) is 0 Å². The highest BCUT2D eigenvalue weighted by Gasteiger charge is 2.03. The Morgan fingerprint density at radius 2 is 2.42 bits per heavy atom. The van der Waals surface area contributed by atoms with Crippen LogP contribution in [0.4, 0.5) is 0 Å². The van der Waals surface area contributed by atoms with Crippen molar-refractivity contribution < 1.29 is 4.79 Å². The third-order valence-electron chi connectivity index (χ3n) is 1.42. The zero-order valence-corrected chi connectivity index (χ0v) is 8.08. The predicted molar refractivity (Wildman–Crippen MR) is 48.5 cm³/mol. The second-order valence-corrected chi connectivity index (χ2v) is 3.21. The van der Waals surface area contributed by atoms with E-state index in [1.165, 1.54) is 6.08 Å². The molecule has 0 aliphatic carbocycles. The SMILES string of the molecule is CC(N=C=O)c1ccc(Br)cn1. The van der Waals surface area contributed by atoms with Gasteiger partial charge in [0.1, 0.15) is 6.04 Å². The lowest BCUT2D eigenvalue weighted by Crippen LogP contribution is -1.92. The molecule has 1 heterocycles. The summed E-state index contributed by atoms with van der Waals surface area (Å²) in [5.41, 5.74) is 0.765. The van der Waals surface area contributed by atoms with Gasteiger partial charge in [0.15, 0.2) is 0 Å². The van der Waals surface area contributed by atoms with Gasteiger partial charge >= 0.3 is 0 Å². The number of hydrogen-bond donors (Lipinski definition) is 0. The van der Waals surface area contributed by atoms with Crippen molar-refractivity contribution in [3.8, 4) is 0 Å². The normalized spacial score (nSPS) is 11.8. The largest absolute Gasteiger partial charge is 0.258 e. The summed E-state index contributed by atoms with van der Waals surface area (Å²) in [7, 11) is 0. The second-order valence-electron chi connectivity index (χ2n) is 2.30. The molecular formula is C8H7BrN2O. The number of aliphatic imine (C=N–C) groups is 1. The Bertz CT molecular complexity index is 303. The fourth-order valence-corrected chi connectivity index (χ4v) is 1.01. The van der Waals surface area contributed by atoms with E-state index in [0.29, 0.717) is 0 Å². The highest BCUT2D eigenvalue weighted by atomic mass is 79.9. The molecule has 1 atom stereocenters. The van der Waals surface area contributed by atoms with Gasteiger partial charge in [0.2, 0.25) is 6.08 Å². The van der Waals surface area contributed by atoms with Gasteiger partial charge in [-0.15, -0.1) is 0 Å². The summed E-state index contributed by atoms with van der Waals surface area (Å²) in [6, 6.07) is 3.46. The molecule has 1 aromatic rings. The maximum atomic E-state index is 9.93. The predicted octanol–water partition coefficient (Wildman–Crippen LogP) is 2.24. The summed E-state index contributed by atoms with van der Waals surface area (Å²) in [5.74, 6) is 0. The number of carbonyl (C=O) groups excluding carboxylic acids is 1. The monoisotopic (exact) mass is 226 g/mol. The van der Waals surface area contributed by atoms with Gasteiger partial charge in [-0.3, -0.25) is 4.98 Å². The van der Waals surface area contributed by atoms with Gasteiger partial charge < -0.3 is 0 Å². The van der Waals surface area contributed by atoms with Gasteiger partial charge in [0.25, 0.3) is 0 Å². The molecule has 0 bridgehead atoms. The average molecular weight is 227 g/mol. The first kappa shape index (κ1) is 9.10. The topological polar surface area (TPSA) is 42.3 Å². The molecule has 62 valence electrons. The van der Waals surface area contributed by atoms with E-state index in [-0.39, 0.29) is 6.04 Å². The first-order valence-corrected chi connectivity index (χ1v) is 4.22. The minimum atomic E-state index is -0.212.